The van der Waals surface area contributed by atoms with Crippen LogP contribution in [-0.2, 0) is 12.8 Å². The average molecular weight is 399 g/mol. The fourth-order valence-electron chi connectivity index (χ4n) is 3.55. The fourth-order valence-corrected chi connectivity index (χ4v) is 3.55. The lowest BCUT2D eigenvalue weighted by atomic mass is 9.94. The number of aliphatic hydroxyl groups excluding tert-OH is 1. The molecule has 0 heterocycles. The number of nitrogens with zero attached hydrogens (tertiary/aromatic N) is 1. The summed E-state index contributed by atoms with van der Waals surface area (Å²) in [7, 11) is 0. The quantitative estimate of drug-likeness (QED) is 0.561. The number of amides is 1. The molecule has 0 saturated carbocycles. The van der Waals surface area contributed by atoms with E-state index in [-0.39, 0.29) is 0 Å². The van der Waals surface area contributed by atoms with Crippen LogP contribution < -0.4 is 5.32 Å². The molecule has 0 aromatic heterocycles. The summed E-state index contributed by atoms with van der Waals surface area (Å²) in [4.78, 5) is 13.4. The van der Waals surface area contributed by atoms with Crippen LogP contribution in [0.4, 0.5) is 4.79 Å². The zero-order valence-corrected chi connectivity index (χ0v) is 17.9. The third kappa shape index (κ3) is 7.18. The van der Waals surface area contributed by atoms with Crippen molar-refractivity contribution in [1.82, 2.24) is 10.2 Å². The Bertz CT molecular complexity index is 754. The number of nitrogens with one attached hydrogen (secondary N) is 1. The number of hydrogen-bond acceptors (Lipinski definition) is 3. The molecule has 0 aliphatic rings. The lowest BCUT2D eigenvalue weighted by molar-refractivity contribution is 0.00792. The van der Waals surface area contributed by atoms with Gasteiger partial charge in [-0.15, -0.1) is 0 Å². The Morgan fingerprint density at radius 3 is 2.21 bits per heavy atom. The smallest absolute Gasteiger partial charge is 0.408 e. The van der Waals surface area contributed by atoms with Crippen LogP contribution in [0.1, 0.15) is 37.5 Å². The summed E-state index contributed by atoms with van der Waals surface area (Å²) in [5.41, 5.74) is 2.86. The molecule has 2 rings (SSSR count). The SMILES string of the molecule is Cc1ccc(CCNC[C@@H](O)[C@H](Cc2ccccc2)N(C(=O)O)C(C)(C)C)cc1. The molecule has 5 nitrogen and oxygen atoms in total. The van der Waals surface area contributed by atoms with Gasteiger partial charge in [-0.3, -0.25) is 4.90 Å². The van der Waals surface area contributed by atoms with E-state index in [2.05, 4.69) is 36.5 Å². The Morgan fingerprint density at radius 1 is 1.03 bits per heavy atom. The standard InChI is InChI=1S/C24H34N2O3/c1-18-10-12-19(13-11-18)14-15-25-17-22(27)21(16-20-8-6-5-7-9-20)26(23(28)29)24(2,3)4/h5-13,21-22,25,27H,14-17H2,1-4H3,(H,28,29)/t21-,22+/m0/s1. The molecule has 2 aromatic rings. The summed E-state index contributed by atoms with van der Waals surface area (Å²) in [5, 5.41) is 24.1. The van der Waals surface area contributed by atoms with Gasteiger partial charge in [-0.1, -0.05) is 60.2 Å². The number of benzene rings is 2. The number of rotatable bonds is 9. The molecule has 5 heteroatoms. The molecule has 0 aliphatic carbocycles. The number of carbonyl (C=O) groups is 1. The first-order valence-electron chi connectivity index (χ1n) is 10.2. The second kappa shape index (κ2) is 10.4. The Labute approximate surface area is 174 Å². The van der Waals surface area contributed by atoms with Crippen LogP contribution in [-0.4, -0.2) is 52.0 Å². The minimum atomic E-state index is -1.02. The molecular weight excluding hydrogens is 364 g/mol. The topological polar surface area (TPSA) is 72.8 Å². The summed E-state index contributed by atoms with van der Waals surface area (Å²) < 4.78 is 0. The van der Waals surface area contributed by atoms with Crippen molar-refractivity contribution in [2.75, 3.05) is 13.1 Å². The average Bonchev–Trinajstić information content (AvgIpc) is 2.65. The van der Waals surface area contributed by atoms with E-state index in [0.717, 1.165) is 18.5 Å². The highest BCUT2D eigenvalue weighted by Gasteiger charge is 2.37. The van der Waals surface area contributed by atoms with E-state index in [1.165, 1.54) is 16.0 Å². The predicted molar refractivity (Wildman–Crippen MR) is 117 cm³/mol. The third-order valence-corrected chi connectivity index (χ3v) is 5.06. The van der Waals surface area contributed by atoms with E-state index in [9.17, 15) is 15.0 Å². The fraction of sp³-hybridized carbons (Fsp3) is 0.458. The van der Waals surface area contributed by atoms with Crippen LogP contribution in [0.3, 0.4) is 0 Å². The molecule has 0 aliphatic heterocycles. The van der Waals surface area contributed by atoms with E-state index in [1.54, 1.807) is 0 Å². The maximum Gasteiger partial charge on any atom is 0.408 e. The highest BCUT2D eigenvalue weighted by Crippen LogP contribution is 2.22. The van der Waals surface area contributed by atoms with Gasteiger partial charge in [-0.05, 0) is 58.2 Å². The van der Waals surface area contributed by atoms with Crippen molar-refractivity contribution in [1.29, 1.82) is 0 Å². The van der Waals surface area contributed by atoms with E-state index in [4.69, 9.17) is 0 Å². The zero-order chi connectivity index (χ0) is 21.4. The molecule has 0 saturated heterocycles. The summed E-state index contributed by atoms with van der Waals surface area (Å²) in [6.45, 7) is 8.70. The first-order valence-corrected chi connectivity index (χ1v) is 10.2. The van der Waals surface area contributed by atoms with Crippen LogP contribution >= 0.6 is 0 Å². The molecule has 158 valence electrons. The second-order valence-corrected chi connectivity index (χ2v) is 8.59. The van der Waals surface area contributed by atoms with Gasteiger partial charge in [0, 0.05) is 12.1 Å². The first-order chi connectivity index (χ1) is 13.7. The van der Waals surface area contributed by atoms with Gasteiger partial charge < -0.3 is 15.5 Å². The zero-order valence-electron chi connectivity index (χ0n) is 17.9. The summed E-state index contributed by atoms with van der Waals surface area (Å²) in [6.07, 6.45) is -0.510. The Balaban J connectivity index is 2.03. The summed E-state index contributed by atoms with van der Waals surface area (Å²) >= 11 is 0. The van der Waals surface area contributed by atoms with E-state index in [0.29, 0.717) is 13.0 Å². The molecule has 3 N–H and O–H groups in total. The molecule has 2 atom stereocenters. The molecule has 1 amide bonds. The molecular formula is C24H34N2O3. The monoisotopic (exact) mass is 398 g/mol. The number of aryl methyl sites for hydroxylation is 1. The minimum absolute atomic E-state index is 0.337. The molecule has 0 spiro atoms. The van der Waals surface area contributed by atoms with Crippen LogP contribution in [0.5, 0.6) is 0 Å². The molecule has 0 bridgehead atoms. The molecule has 0 radical (unpaired) electrons. The number of aliphatic hydroxyl groups is 1. The van der Waals surface area contributed by atoms with Crippen molar-refractivity contribution in [3.8, 4) is 0 Å². The van der Waals surface area contributed by atoms with Crippen LogP contribution in [0.25, 0.3) is 0 Å². The predicted octanol–water partition coefficient (Wildman–Crippen LogP) is 3.88. The van der Waals surface area contributed by atoms with Gasteiger partial charge in [0.05, 0.1) is 12.1 Å². The third-order valence-electron chi connectivity index (χ3n) is 5.06. The largest absolute Gasteiger partial charge is 0.465 e. The Morgan fingerprint density at radius 2 is 1.66 bits per heavy atom. The summed E-state index contributed by atoms with van der Waals surface area (Å²) in [5.74, 6) is 0. The van der Waals surface area contributed by atoms with Crippen molar-refractivity contribution >= 4 is 6.09 Å². The normalized spacial score (nSPS) is 13.7. The lowest BCUT2D eigenvalue weighted by Gasteiger charge is -2.42. The number of carboxylic acid groups (broad SMARTS) is 1. The lowest BCUT2D eigenvalue weighted by Crippen LogP contribution is -2.58. The molecule has 0 unspecified atom stereocenters. The molecule has 0 fully saturated rings. The van der Waals surface area contributed by atoms with Crippen molar-refractivity contribution in [2.45, 2.75) is 58.2 Å². The first kappa shape index (κ1) is 22.9. The van der Waals surface area contributed by atoms with E-state index < -0.39 is 23.8 Å². The van der Waals surface area contributed by atoms with Crippen molar-refractivity contribution in [3.05, 3.63) is 71.3 Å². The van der Waals surface area contributed by atoms with Gasteiger partial charge in [-0.25, -0.2) is 4.79 Å². The van der Waals surface area contributed by atoms with E-state index >= 15 is 0 Å². The Hall–Kier alpha value is -2.37. The molecule has 29 heavy (non-hydrogen) atoms. The van der Waals surface area contributed by atoms with Gasteiger partial charge in [-0.2, -0.15) is 0 Å². The van der Waals surface area contributed by atoms with Crippen LogP contribution in [0, 0.1) is 6.92 Å². The van der Waals surface area contributed by atoms with Crippen molar-refractivity contribution < 1.29 is 15.0 Å². The van der Waals surface area contributed by atoms with Gasteiger partial charge >= 0.3 is 6.09 Å². The maximum atomic E-state index is 12.0. The minimum Gasteiger partial charge on any atom is -0.465 e. The van der Waals surface area contributed by atoms with Gasteiger partial charge in [0.2, 0.25) is 0 Å². The summed E-state index contributed by atoms with van der Waals surface area (Å²) in [6, 6.07) is 17.6. The molecule has 2 aromatic carbocycles. The number of hydrogen-bond donors (Lipinski definition) is 3. The highest BCUT2D eigenvalue weighted by atomic mass is 16.4. The van der Waals surface area contributed by atoms with Crippen LogP contribution in [0.15, 0.2) is 54.6 Å². The van der Waals surface area contributed by atoms with Crippen LogP contribution in [0.2, 0.25) is 0 Å². The van der Waals surface area contributed by atoms with Gasteiger partial charge in [0.25, 0.3) is 0 Å². The highest BCUT2D eigenvalue weighted by molar-refractivity contribution is 5.66. The van der Waals surface area contributed by atoms with E-state index in [1.807, 2.05) is 51.1 Å². The van der Waals surface area contributed by atoms with Gasteiger partial charge in [0.1, 0.15) is 0 Å². The van der Waals surface area contributed by atoms with Gasteiger partial charge in [0.15, 0.2) is 0 Å². The maximum absolute atomic E-state index is 12.0. The second-order valence-electron chi connectivity index (χ2n) is 8.59. The van der Waals surface area contributed by atoms with Crippen molar-refractivity contribution in [2.24, 2.45) is 0 Å². The Kier molecular flexibility index (Phi) is 8.23. The van der Waals surface area contributed by atoms with Crippen molar-refractivity contribution in [3.63, 3.8) is 0 Å².